The number of nitrogen functional groups attached to an aromatic ring is 1. The van der Waals surface area contributed by atoms with E-state index in [1.807, 2.05) is 4.90 Å². The Morgan fingerprint density at radius 3 is 2.90 bits per heavy atom. The van der Waals surface area contributed by atoms with Gasteiger partial charge in [-0.15, -0.1) is 0 Å². The lowest BCUT2D eigenvalue weighted by atomic mass is 10.1. The number of fused-ring (bicyclic) bond motifs is 1. The molecule has 0 aliphatic carbocycles. The Labute approximate surface area is 119 Å². The summed E-state index contributed by atoms with van der Waals surface area (Å²) in [6.07, 6.45) is 0.604. The largest absolute Gasteiger partial charge is 0.369 e. The molecule has 0 atom stereocenters. The summed E-state index contributed by atoms with van der Waals surface area (Å²) in [5, 5.41) is 0. The summed E-state index contributed by atoms with van der Waals surface area (Å²) < 4.78 is 26.1. The van der Waals surface area contributed by atoms with Crippen molar-refractivity contribution in [1.82, 2.24) is 14.9 Å². The number of benzene rings is 1. The van der Waals surface area contributed by atoms with E-state index in [4.69, 9.17) is 5.73 Å². The molecule has 3 rings (SSSR count). The summed E-state index contributed by atoms with van der Waals surface area (Å²) in [5.41, 5.74) is 7.22. The van der Waals surface area contributed by atoms with E-state index in [0.29, 0.717) is 42.9 Å². The molecule has 1 aliphatic heterocycles. The molecule has 0 unspecified atom stereocenters. The van der Waals surface area contributed by atoms with Gasteiger partial charge in [-0.3, -0.25) is 14.7 Å². The van der Waals surface area contributed by atoms with E-state index < -0.39 is 11.6 Å². The number of rotatable bonds is 2. The van der Waals surface area contributed by atoms with Gasteiger partial charge in [-0.1, -0.05) is 6.07 Å². The van der Waals surface area contributed by atoms with Crippen LogP contribution in [0, 0.1) is 11.6 Å². The molecule has 0 fully saturated rings. The summed E-state index contributed by atoms with van der Waals surface area (Å²) in [4.78, 5) is 20.5. The molecule has 3 N–H and O–H groups in total. The van der Waals surface area contributed by atoms with Gasteiger partial charge in [0.1, 0.15) is 0 Å². The third kappa shape index (κ3) is 2.78. The Bertz CT molecular complexity index is 744. The van der Waals surface area contributed by atoms with E-state index in [-0.39, 0.29) is 11.5 Å². The highest BCUT2D eigenvalue weighted by atomic mass is 19.2. The van der Waals surface area contributed by atoms with Crippen molar-refractivity contribution >= 4 is 5.95 Å². The van der Waals surface area contributed by atoms with Crippen LogP contribution in [0.4, 0.5) is 14.7 Å². The second-order valence-electron chi connectivity index (χ2n) is 5.09. The van der Waals surface area contributed by atoms with Gasteiger partial charge in [-0.05, 0) is 17.7 Å². The molecular weight excluding hydrogens is 278 g/mol. The normalized spacial score (nSPS) is 15.0. The van der Waals surface area contributed by atoms with Crippen molar-refractivity contribution in [3.63, 3.8) is 0 Å². The van der Waals surface area contributed by atoms with Crippen LogP contribution >= 0.6 is 0 Å². The molecule has 110 valence electrons. The van der Waals surface area contributed by atoms with Crippen molar-refractivity contribution < 1.29 is 8.78 Å². The predicted molar refractivity (Wildman–Crippen MR) is 73.4 cm³/mol. The number of hydrogen-bond acceptors (Lipinski definition) is 4. The fraction of sp³-hybridized carbons (Fsp3) is 0.286. The minimum Gasteiger partial charge on any atom is -0.369 e. The van der Waals surface area contributed by atoms with Crippen molar-refractivity contribution in [3.8, 4) is 0 Å². The fourth-order valence-electron chi connectivity index (χ4n) is 2.53. The van der Waals surface area contributed by atoms with Crippen molar-refractivity contribution in [2.24, 2.45) is 0 Å². The highest BCUT2D eigenvalue weighted by Gasteiger charge is 2.21. The number of nitrogens with two attached hydrogens (primary N) is 1. The maximum Gasteiger partial charge on any atom is 0.257 e. The van der Waals surface area contributed by atoms with Crippen LogP contribution < -0.4 is 11.3 Å². The lowest BCUT2D eigenvalue weighted by molar-refractivity contribution is 0.241. The van der Waals surface area contributed by atoms with Crippen LogP contribution in [0.3, 0.4) is 0 Å². The number of aromatic nitrogens is 2. The number of anilines is 1. The average Bonchev–Trinajstić information content (AvgIpc) is 2.43. The predicted octanol–water partition coefficient (Wildman–Crippen LogP) is 1.19. The van der Waals surface area contributed by atoms with Crippen molar-refractivity contribution in [2.75, 3.05) is 12.3 Å². The number of nitrogens with one attached hydrogen (secondary N) is 1. The molecule has 1 aliphatic rings. The minimum atomic E-state index is -0.864. The maximum atomic E-state index is 13.2. The third-order valence-corrected chi connectivity index (χ3v) is 3.56. The van der Waals surface area contributed by atoms with E-state index in [0.717, 1.165) is 6.07 Å². The molecule has 0 saturated heterocycles. The summed E-state index contributed by atoms with van der Waals surface area (Å²) in [6.45, 7) is 1.54. The number of hydrogen-bond donors (Lipinski definition) is 2. The van der Waals surface area contributed by atoms with Gasteiger partial charge < -0.3 is 5.73 Å². The SMILES string of the molecule is Nc1nc2c(c(=O)[nH]1)CN(Cc1ccc(F)c(F)c1)CC2. The van der Waals surface area contributed by atoms with Crippen molar-refractivity contribution in [2.45, 2.75) is 19.5 Å². The molecule has 7 heteroatoms. The summed E-state index contributed by atoms with van der Waals surface area (Å²) in [5.74, 6) is -1.61. The molecule has 21 heavy (non-hydrogen) atoms. The molecule has 0 bridgehead atoms. The first kappa shape index (κ1) is 13.7. The molecule has 5 nitrogen and oxygen atoms in total. The number of aromatic amines is 1. The van der Waals surface area contributed by atoms with Crippen LogP contribution in [0.15, 0.2) is 23.0 Å². The van der Waals surface area contributed by atoms with Gasteiger partial charge in [-0.25, -0.2) is 13.8 Å². The molecule has 2 aromatic rings. The average molecular weight is 292 g/mol. The Morgan fingerprint density at radius 2 is 2.14 bits per heavy atom. The third-order valence-electron chi connectivity index (χ3n) is 3.56. The van der Waals surface area contributed by atoms with Gasteiger partial charge in [0.15, 0.2) is 11.6 Å². The van der Waals surface area contributed by atoms with E-state index in [2.05, 4.69) is 9.97 Å². The van der Waals surface area contributed by atoms with E-state index >= 15 is 0 Å². The van der Waals surface area contributed by atoms with Crippen LogP contribution in [0.1, 0.15) is 16.8 Å². The molecule has 0 spiro atoms. The zero-order valence-electron chi connectivity index (χ0n) is 11.2. The number of H-pyrrole nitrogens is 1. The van der Waals surface area contributed by atoms with Crippen LogP contribution in [0.25, 0.3) is 0 Å². The quantitative estimate of drug-likeness (QED) is 0.872. The number of halogens is 2. The highest BCUT2D eigenvalue weighted by molar-refractivity contribution is 5.27. The Kier molecular flexibility index (Phi) is 3.42. The minimum absolute atomic E-state index is 0.118. The van der Waals surface area contributed by atoms with E-state index in [9.17, 15) is 13.6 Å². The molecule has 1 aromatic heterocycles. The first-order valence-electron chi connectivity index (χ1n) is 6.57. The zero-order chi connectivity index (χ0) is 15.0. The maximum absolute atomic E-state index is 13.2. The molecule has 2 heterocycles. The van der Waals surface area contributed by atoms with E-state index in [1.165, 1.54) is 6.07 Å². The van der Waals surface area contributed by atoms with Crippen LogP contribution in [0.2, 0.25) is 0 Å². The molecule has 0 saturated carbocycles. The molecule has 0 amide bonds. The summed E-state index contributed by atoms with van der Waals surface area (Å²) >= 11 is 0. The monoisotopic (exact) mass is 292 g/mol. The van der Waals surface area contributed by atoms with Gasteiger partial charge in [0.2, 0.25) is 5.95 Å². The van der Waals surface area contributed by atoms with E-state index in [1.54, 1.807) is 6.07 Å². The second-order valence-corrected chi connectivity index (χ2v) is 5.09. The van der Waals surface area contributed by atoms with Gasteiger partial charge in [0.25, 0.3) is 5.56 Å². The van der Waals surface area contributed by atoms with Gasteiger partial charge in [0, 0.05) is 26.1 Å². The fourth-order valence-corrected chi connectivity index (χ4v) is 2.53. The van der Waals surface area contributed by atoms with Gasteiger partial charge >= 0.3 is 0 Å². The van der Waals surface area contributed by atoms with Crippen LogP contribution in [0.5, 0.6) is 0 Å². The molecule has 0 radical (unpaired) electrons. The first-order chi connectivity index (χ1) is 10.0. The standard InChI is InChI=1S/C14H14F2N4O/c15-10-2-1-8(5-11(10)16)6-20-4-3-12-9(7-20)13(21)19-14(17)18-12/h1-2,5H,3-4,6-7H2,(H3,17,18,19,21). The number of nitrogens with zero attached hydrogens (tertiary/aromatic N) is 2. The summed E-state index contributed by atoms with van der Waals surface area (Å²) in [6, 6.07) is 3.83. The highest BCUT2D eigenvalue weighted by Crippen LogP contribution is 2.17. The lowest BCUT2D eigenvalue weighted by Crippen LogP contribution is -2.35. The Balaban J connectivity index is 1.80. The van der Waals surface area contributed by atoms with Crippen molar-refractivity contribution in [3.05, 3.63) is 57.0 Å². The molecule has 1 aromatic carbocycles. The van der Waals surface area contributed by atoms with Gasteiger partial charge in [-0.2, -0.15) is 0 Å². The Morgan fingerprint density at radius 1 is 1.33 bits per heavy atom. The zero-order valence-corrected chi connectivity index (χ0v) is 11.2. The second kappa shape index (κ2) is 5.25. The van der Waals surface area contributed by atoms with Crippen LogP contribution in [-0.4, -0.2) is 21.4 Å². The Hall–Kier alpha value is -2.28. The smallest absolute Gasteiger partial charge is 0.257 e. The van der Waals surface area contributed by atoms with Crippen LogP contribution in [-0.2, 0) is 19.5 Å². The molecular formula is C14H14F2N4O. The lowest BCUT2D eigenvalue weighted by Gasteiger charge is -2.27. The van der Waals surface area contributed by atoms with Crippen molar-refractivity contribution in [1.29, 1.82) is 0 Å². The topological polar surface area (TPSA) is 75.0 Å². The first-order valence-corrected chi connectivity index (χ1v) is 6.57. The summed E-state index contributed by atoms with van der Waals surface area (Å²) in [7, 11) is 0. The van der Waals surface area contributed by atoms with Gasteiger partial charge in [0.05, 0.1) is 11.3 Å².